The van der Waals surface area contributed by atoms with E-state index in [-0.39, 0.29) is 30.4 Å². The van der Waals surface area contributed by atoms with Crippen molar-refractivity contribution in [2.75, 3.05) is 31.6 Å². The average molecular weight is 373 g/mol. The van der Waals surface area contributed by atoms with Gasteiger partial charge in [-0.25, -0.2) is 0 Å². The largest absolute Gasteiger partial charge is 0.376 e. The molecule has 0 radical (unpaired) electrons. The second-order valence-electron chi connectivity index (χ2n) is 7.06. The lowest BCUT2D eigenvalue weighted by Gasteiger charge is -2.20. The zero-order valence-corrected chi connectivity index (χ0v) is 15.5. The van der Waals surface area contributed by atoms with E-state index in [9.17, 15) is 14.4 Å². The summed E-state index contributed by atoms with van der Waals surface area (Å²) in [4.78, 5) is 38.6. The summed E-state index contributed by atoms with van der Waals surface area (Å²) < 4.78 is 5.52. The highest BCUT2D eigenvalue weighted by Gasteiger charge is 2.21. The van der Waals surface area contributed by atoms with Crippen LogP contribution in [0.25, 0.3) is 0 Å². The fraction of sp³-hybridized carbons (Fsp3) is 0.550. The smallest absolute Gasteiger partial charge is 0.253 e. The molecule has 2 fully saturated rings. The number of rotatable bonds is 6. The van der Waals surface area contributed by atoms with Crippen LogP contribution < -0.4 is 10.6 Å². The van der Waals surface area contributed by atoms with Crippen molar-refractivity contribution in [3.05, 3.63) is 29.8 Å². The molecule has 0 unspecified atom stereocenters. The topological polar surface area (TPSA) is 87.7 Å². The van der Waals surface area contributed by atoms with E-state index in [4.69, 9.17) is 4.74 Å². The monoisotopic (exact) mass is 373 g/mol. The summed E-state index contributed by atoms with van der Waals surface area (Å²) in [5, 5.41) is 5.65. The van der Waals surface area contributed by atoms with Crippen molar-refractivity contribution < 1.29 is 19.1 Å². The fourth-order valence-corrected chi connectivity index (χ4v) is 3.47. The number of hydrogen-bond acceptors (Lipinski definition) is 4. The van der Waals surface area contributed by atoms with E-state index in [0.717, 1.165) is 38.7 Å². The predicted octanol–water partition coefficient (Wildman–Crippen LogP) is 1.94. The Bertz CT molecular complexity index is 686. The lowest BCUT2D eigenvalue weighted by atomic mass is 10.1. The van der Waals surface area contributed by atoms with E-state index >= 15 is 0 Å². The van der Waals surface area contributed by atoms with Crippen molar-refractivity contribution in [1.29, 1.82) is 0 Å². The summed E-state index contributed by atoms with van der Waals surface area (Å²) in [5.74, 6) is -0.512. The van der Waals surface area contributed by atoms with Crippen LogP contribution in [-0.2, 0) is 14.3 Å². The second kappa shape index (κ2) is 9.50. The fourth-order valence-electron chi connectivity index (χ4n) is 3.47. The predicted molar refractivity (Wildman–Crippen MR) is 101 cm³/mol. The zero-order valence-electron chi connectivity index (χ0n) is 15.5. The minimum absolute atomic E-state index is 0.0186. The van der Waals surface area contributed by atoms with Crippen LogP contribution in [0, 0.1) is 0 Å². The van der Waals surface area contributed by atoms with Gasteiger partial charge in [-0.15, -0.1) is 0 Å². The molecule has 1 atom stereocenters. The molecule has 7 nitrogen and oxygen atoms in total. The van der Waals surface area contributed by atoms with Crippen LogP contribution >= 0.6 is 0 Å². The molecule has 0 saturated carbocycles. The van der Waals surface area contributed by atoms with Crippen molar-refractivity contribution in [2.45, 2.75) is 44.6 Å². The first-order chi connectivity index (χ1) is 13.1. The molecule has 3 rings (SSSR count). The SMILES string of the molecule is O=C(CN1CCCCCC1=O)Nc1ccccc1C(=O)NC[C@@H]1CCCO1. The molecule has 2 saturated heterocycles. The average Bonchev–Trinajstić information content (AvgIpc) is 3.11. The van der Waals surface area contributed by atoms with Gasteiger partial charge >= 0.3 is 0 Å². The summed E-state index contributed by atoms with van der Waals surface area (Å²) in [6, 6.07) is 6.90. The molecular formula is C20H27N3O4. The van der Waals surface area contributed by atoms with Crippen molar-refractivity contribution in [1.82, 2.24) is 10.2 Å². The number of carbonyl (C=O) groups is 3. The summed E-state index contributed by atoms with van der Waals surface area (Å²) >= 11 is 0. The molecule has 27 heavy (non-hydrogen) atoms. The second-order valence-corrected chi connectivity index (χ2v) is 7.06. The Morgan fingerprint density at radius 2 is 2.00 bits per heavy atom. The first-order valence-electron chi connectivity index (χ1n) is 9.70. The number of benzene rings is 1. The van der Waals surface area contributed by atoms with Gasteiger partial charge in [0.1, 0.15) is 0 Å². The van der Waals surface area contributed by atoms with Gasteiger partial charge in [-0.2, -0.15) is 0 Å². The summed E-state index contributed by atoms with van der Waals surface area (Å²) in [7, 11) is 0. The maximum absolute atomic E-state index is 12.5. The van der Waals surface area contributed by atoms with E-state index in [1.54, 1.807) is 29.2 Å². The van der Waals surface area contributed by atoms with Crippen LogP contribution in [0.5, 0.6) is 0 Å². The Morgan fingerprint density at radius 3 is 2.81 bits per heavy atom. The summed E-state index contributed by atoms with van der Waals surface area (Å²) in [6.07, 6.45) is 5.33. The molecule has 2 aliphatic heterocycles. The van der Waals surface area contributed by atoms with Gasteiger partial charge in [-0.3, -0.25) is 14.4 Å². The van der Waals surface area contributed by atoms with Gasteiger partial charge in [0.25, 0.3) is 5.91 Å². The third kappa shape index (κ3) is 5.53. The highest BCUT2D eigenvalue weighted by molar-refractivity contribution is 6.04. The number of para-hydroxylation sites is 1. The molecule has 7 heteroatoms. The van der Waals surface area contributed by atoms with Crippen LogP contribution in [0.3, 0.4) is 0 Å². The lowest BCUT2D eigenvalue weighted by molar-refractivity contribution is -0.134. The number of likely N-dealkylation sites (tertiary alicyclic amines) is 1. The van der Waals surface area contributed by atoms with Crippen LogP contribution in [0.15, 0.2) is 24.3 Å². The van der Waals surface area contributed by atoms with Crippen molar-refractivity contribution in [3.8, 4) is 0 Å². The number of anilines is 1. The molecule has 1 aromatic rings. The third-order valence-corrected chi connectivity index (χ3v) is 4.97. The molecular weight excluding hydrogens is 346 g/mol. The van der Waals surface area contributed by atoms with E-state index in [0.29, 0.717) is 30.8 Å². The van der Waals surface area contributed by atoms with Gasteiger partial charge in [0, 0.05) is 26.1 Å². The van der Waals surface area contributed by atoms with Gasteiger partial charge in [-0.05, 0) is 37.8 Å². The van der Waals surface area contributed by atoms with Crippen LogP contribution in [0.4, 0.5) is 5.69 Å². The number of nitrogens with zero attached hydrogens (tertiary/aromatic N) is 1. The number of hydrogen-bond donors (Lipinski definition) is 2. The Balaban J connectivity index is 1.58. The maximum atomic E-state index is 12.5. The number of carbonyl (C=O) groups excluding carboxylic acids is 3. The maximum Gasteiger partial charge on any atom is 0.253 e. The highest BCUT2D eigenvalue weighted by atomic mass is 16.5. The van der Waals surface area contributed by atoms with Crippen molar-refractivity contribution >= 4 is 23.4 Å². The Kier molecular flexibility index (Phi) is 6.81. The molecule has 0 bridgehead atoms. The molecule has 2 heterocycles. The zero-order chi connectivity index (χ0) is 19.1. The Hall–Kier alpha value is -2.41. The molecule has 0 spiro atoms. The van der Waals surface area contributed by atoms with Crippen LogP contribution in [0.2, 0.25) is 0 Å². The Labute approximate surface area is 159 Å². The highest BCUT2D eigenvalue weighted by Crippen LogP contribution is 2.17. The molecule has 146 valence electrons. The van der Waals surface area contributed by atoms with Crippen LogP contribution in [-0.4, -0.2) is 55.0 Å². The van der Waals surface area contributed by atoms with Gasteiger partial charge in [-0.1, -0.05) is 18.6 Å². The summed E-state index contributed by atoms with van der Waals surface area (Å²) in [6.45, 7) is 1.83. The van der Waals surface area contributed by atoms with E-state index < -0.39 is 0 Å². The van der Waals surface area contributed by atoms with Gasteiger partial charge in [0.15, 0.2) is 0 Å². The number of ether oxygens (including phenoxy) is 1. The number of nitrogens with one attached hydrogen (secondary N) is 2. The molecule has 3 amide bonds. The lowest BCUT2D eigenvalue weighted by Crippen LogP contribution is -2.38. The summed E-state index contributed by atoms with van der Waals surface area (Å²) in [5.41, 5.74) is 0.862. The van der Waals surface area contributed by atoms with Crippen molar-refractivity contribution in [2.24, 2.45) is 0 Å². The molecule has 2 N–H and O–H groups in total. The van der Waals surface area contributed by atoms with Gasteiger partial charge < -0.3 is 20.3 Å². The minimum Gasteiger partial charge on any atom is -0.376 e. The van der Waals surface area contributed by atoms with E-state index in [1.807, 2.05) is 0 Å². The molecule has 0 aromatic heterocycles. The van der Waals surface area contributed by atoms with Crippen LogP contribution in [0.1, 0.15) is 48.9 Å². The van der Waals surface area contributed by atoms with E-state index in [1.165, 1.54) is 0 Å². The number of amides is 3. The van der Waals surface area contributed by atoms with Gasteiger partial charge in [0.05, 0.1) is 23.9 Å². The first-order valence-corrected chi connectivity index (χ1v) is 9.70. The minimum atomic E-state index is -0.287. The van der Waals surface area contributed by atoms with E-state index in [2.05, 4.69) is 10.6 Å². The standard InChI is InChI=1S/C20H27N3O4/c24-18(14-23-11-5-1-2-10-19(23)25)22-17-9-4-3-8-16(17)20(26)21-13-15-7-6-12-27-15/h3-4,8-9,15H,1-2,5-7,10-14H2,(H,21,26)(H,22,24)/t15-/m0/s1. The Morgan fingerprint density at radius 1 is 1.15 bits per heavy atom. The quantitative estimate of drug-likeness (QED) is 0.798. The molecule has 2 aliphatic rings. The molecule has 0 aliphatic carbocycles. The third-order valence-electron chi connectivity index (χ3n) is 4.97. The normalized spacial score (nSPS) is 20.2. The molecule has 1 aromatic carbocycles. The van der Waals surface area contributed by atoms with Crippen molar-refractivity contribution in [3.63, 3.8) is 0 Å². The van der Waals surface area contributed by atoms with Gasteiger partial charge in [0.2, 0.25) is 11.8 Å². The first kappa shape index (κ1) is 19.4.